The van der Waals surface area contributed by atoms with E-state index in [1.54, 1.807) is 0 Å². The molecule has 76 valence electrons. The lowest BCUT2D eigenvalue weighted by Gasteiger charge is -2.25. The maximum atomic E-state index is 10.0. The van der Waals surface area contributed by atoms with E-state index in [-0.39, 0.29) is 5.92 Å². The van der Waals surface area contributed by atoms with E-state index in [1.165, 1.54) is 16.8 Å². The minimum Gasteiger partial charge on any atom is -0.390 e. The van der Waals surface area contributed by atoms with Crippen LogP contribution in [0.15, 0.2) is 18.2 Å². The fourth-order valence-corrected chi connectivity index (χ4v) is 2.08. The van der Waals surface area contributed by atoms with Gasteiger partial charge in [-0.2, -0.15) is 0 Å². The van der Waals surface area contributed by atoms with E-state index in [9.17, 15) is 5.11 Å². The van der Waals surface area contributed by atoms with E-state index >= 15 is 0 Å². The number of nitrogens with one attached hydrogen (secondary N) is 1. The number of fused-ring (bicyclic) bond motifs is 1. The van der Waals surface area contributed by atoms with Crippen LogP contribution in [0, 0.1) is 6.92 Å². The summed E-state index contributed by atoms with van der Waals surface area (Å²) in [6, 6.07) is 6.35. The van der Waals surface area contributed by atoms with E-state index in [2.05, 4.69) is 30.4 Å². The SMILES string of the molecule is Cc1ccc2c(c1)C(C(C)(C)O)CN2. The Bertz CT molecular complexity index is 352. The number of rotatable bonds is 1. The molecule has 2 N–H and O–H groups in total. The Labute approximate surface area is 85.0 Å². The molecule has 0 aliphatic carbocycles. The summed E-state index contributed by atoms with van der Waals surface area (Å²) in [5.41, 5.74) is 3.02. The number of hydrogen-bond donors (Lipinski definition) is 2. The van der Waals surface area contributed by atoms with Gasteiger partial charge in [-0.15, -0.1) is 0 Å². The molecule has 1 atom stereocenters. The minimum absolute atomic E-state index is 0.206. The van der Waals surface area contributed by atoms with Crippen molar-refractivity contribution in [1.29, 1.82) is 0 Å². The van der Waals surface area contributed by atoms with Crippen LogP contribution in [0.1, 0.15) is 30.9 Å². The number of aliphatic hydroxyl groups is 1. The molecule has 0 aromatic heterocycles. The molecule has 0 spiro atoms. The van der Waals surface area contributed by atoms with E-state index in [4.69, 9.17) is 0 Å². The predicted octanol–water partition coefficient (Wildman–Crippen LogP) is 2.28. The Balaban J connectivity index is 2.43. The zero-order valence-corrected chi connectivity index (χ0v) is 8.96. The summed E-state index contributed by atoms with van der Waals surface area (Å²) in [6.45, 7) is 6.66. The third-order valence-electron chi connectivity index (χ3n) is 2.93. The zero-order chi connectivity index (χ0) is 10.3. The molecule has 1 aliphatic rings. The summed E-state index contributed by atoms with van der Waals surface area (Å²) in [4.78, 5) is 0. The fourth-order valence-electron chi connectivity index (χ4n) is 2.08. The van der Waals surface area contributed by atoms with Gasteiger partial charge in [0.05, 0.1) is 5.60 Å². The summed E-state index contributed by atoms with van der Waals surface area (Å²) >= 11 is 0. The molecular formula is C12H17NO. The molecule has 2 rings (SSSR count). The van der Waals surface area contributed by atoms with Gasteiger partial charge in [0, 0.05) is 18.2 Å². The van der Waals surface area contributed by atoms with Gasteiger partial charge in [-0.3, -0.25) is 0 Å². The lowest BCUT2D eigenvalue weighted by Crippen LogP contribution is -2.30. The second-order valence-corrected chi connectivity index (χ2v) is 4.68. The van der Waals surface area contributed by atoms with E-state index in [0.29, 0.717) is 0 Å². The highest BCUT2D eigenvalue weighted by molar-refractivity contribution is 5.59. The lowest BCUT2D eigenvalue weighted by molar-refractivity contribution is 0.0562. The van der Waals surface area contributed by atoms with Gasteiger partial charge in [0.2, 0.25) is 0 Å². The van der Waals surface area contributed by atoms with Crippen LogP contribution in [0.2, 0.25) is 0 Å². The van der Waals surface area contributed by atoms with Crippen LogP contribution in [0.25, 0.3) is 0 Å². The molecule has 0 amide bonds. The minimum atomic E-state index is -0.647. The highest BCUT2D eigenvalue weighted by atomic mass is 16.3. The van der Waals surface area contributed by atoms with Crippen LogP contribution < -0.4 is 5.32 Å². The number of aryl methyl sites for hydroxylation is 1. The third-order valence-corrected chi connectivity index (χ3v) is 2.93. The number of anilines is 1. The first-order chi connectivity index (χ1) is 6.48. The Hall–Kier alpha value is -1.02. The van der Waals surface area contributed by atoms with Crippen LogP contribution in [0.3, 0.4) is 0 Å². The first-order valence-corrected chi connectivity index (χ1v) is 5.05. The molecule has 2 heteroatoms. The van der Waals surface area contributed by atoms with Crippen molar-refractivity contribution >= 4 is 5.69 Å². The molecule has 1 aliphatic heterocycles. The van der Waals surface area contributed by atoms with Crippen molar-refractivity contribution in [3.63, 3.8) is 0 Å². The van der Waals surface area contributed by atoms with Crippen LogP contribution in [-0.2, 0) is 0 Å². The normalized spacial score (nSPS) is 20.4. The van der Waals surface area contributed by atoms with Gasteiger partial charge in [0.1, 0.15) is 0 Å². The lowest BCUT2D eigenvalue weighted by atomic mass is 9.86. The molecule has 1 aromatic carbocycles. The van der Waals surface area contributed by atoms with Gasteiger partial charge < -0.3 is 10.4 Å². The second kappa shape index (κ2) is 2.99. The Kier molecular flexibility index (Phi) is 2.04. The van der Waals surface area contributed by atoms with Crippen molar-refractivity contribution < 1.29 is 5.11 Å². The predicted molar refractivity (Wildman–Crippen MR) is 58.7 cm³/mol. The highest BCUT2D eigenvalue weighted by Gasteiger charge is 2.33. The average Bonchev–Trinajstić information content (AvgIpc) is 2.45. The Morgan fingerprint density at radius 3 is 2.79 bits per heavy atom. The molecule has 1 heterocycles. The molecular weight excluding hydrogens is 174 g/mol. The quantitative estimate of drug-likeness (QED) is 0.713. The van der Waals surface area contributed by atoms with Crippen LogP contribution >= 0.6 is 0 Å². The van der Waals surface area contributed by atoms with Gasteiger partial charge in [0.15, 0.2) is 0 Å². The standard InChI is InChI=1S/C12H17NO/c1-8-4-5-11-9(6-8)10(7-13-11)12(2,3)14/h4-6,10,13-14H,7H2,1-3H3. The summed E-state index contributed by atoms with van der Waals surface area (Å²) < 4.78 is 0. The van der Waals surface area contributed by atoms with Gasteiger partial charge in [-0.05, 0) is 32.4 Å². The smallest absolute Gasteiger partial charge is 0.0677 e. The molecule has 0 fully saturated rings. The summed E-state index contributed by atoms with van der Waals surface area (Å²) in [5.74, 6) is 0.206. The molecule has 0 saturated heterocycles. The molecule has 1 aromatic rings. The molecule has 1 unspecified atom stereocenters. The van der Waals surface area contributed by atoms with Crippen LogP contribution in [-0.4, -0.2) is 17.3 Å². The topological polar surface area (TPSA) is 32.3 Å². The van der Waals surface area contributed by atoms with Gasteiger partial charge >= 0.3 is 0 Å². The first kappa shape index (κ1) is 9.53. The average molecular weight is 191 g/mol. The fraction of sp³-hybridized carbons (Fsp3) is 0.500. The molecule has 0 radical (unpaired) electrons. The molecule has 14 heavy (non-hydrogen) atoms. The van der Waals surface area contributed by atoms with Crippen LogP contribution in [0.5, 0.6) is 0 Å². The van der Waals surface area contributed by atoms with Crippen molar-refractivity contribution in [2.45, 2.75) is 32.3 Å². The number of benzene rings is 1. The number of hydrogen-bond acceptors (Lipinski definition) is 2. The summed E-state index contributed by atoms with van der Waals surface area (Å²) in [5, 5.41) is 13.3. The van der Waals surface area contributed by atoms with Gasteiger partial charge in [0.25, 0.3) is 0 Å². The monoisotopic (exact) mass is 191 g/mol. The van der Waals surface area contributed by atoms with E-state index < -0.39 is 5.60 Å². The van der Waals surface area contributed by atoms with Gasteiger partial charge in [-0.25, -0.2) is 0 Å². The Morgan fingerprint density at radius 2 is 2.14 bits per heavy atom. The van der Waals surface area contributed by atoms with Crippen molar-refractivity contribution in [1.82, 2.24) is 0 Å². The Morgan fingerprint density at radius 1 is 1.43 bits per heavy atom. The highest BCUT2D eigenvalue weighted by Crippen LogP contribution is 2.38. The molecule has 0 saturated carbocycles. The largest absolute Gasteiger partial charge is 0.390 e. The van der Waals surface area contributed by atoms with Crippen molar-refractivity contribution in [2.24, 2.45) is 0 Å². The first-order valence-electron chi connectivity index (χ1n) is 5.05. The maximum Gasteiger partial charge on any atom is 0.0677 e. The maximum absolute atomic E-state index is 10.0. The van der Waals surface area contributed by atoms with E-state index in [0.717, 1.165) is 6.54 Å². The van der Waals surface area contributed by atoms with Crippen LogP contribution in [0.4, 0.5) is 5.69 Å². The molecule has 0 bridgehead atoms. The molecule has 2 nitrogen and oxygen atoms in total. The summed E-state index contributed by atoms with van der Waals surface area (Å²) in [6.07, 6.45) is 0. The summed E-state index contributed by atoms with van der Waals surface area (Å²) in [7, 11) is 0. The van der Waals surface area contributed by atoms with Crippen molar-refractivity contribution in [2.75, 3.05) is 11.9 Å². The van der Waals surface area contributed by atoms with E-state index in [1.807, 2.05) is 13.8 Å². The third kappa shape index (κ3) is 1.50. The van der Waals surface area contributed by atoms with Crippen molar-refractivity contribution in [3.05, 3.63) is 29.3 Å². The second-order valence-electron chi connectivity index (χ2n) is 4.68. The zero-order valence-electron chi connectivity index (χ0n) is 8.96. The van der Waals surface area contributed by atoms with Gasteiger partial charge in [-0.1, -0.05) is 17.7 Å². The van der Waals surface area contributed by atoms with Crippen molar-refractivity contribution in [3.8, 4) is 0 Å².